The van der Waals surface area contributed by atoms with Gasteiger partial charge in [0.25, 0.3) is 0 Å². The summed E-state index contributed by atoms with van der Waals surface area (Å²) in [7, 11) is 1.92. The molecule has 4 nitrogen and oxygen atoms in total. The lowest BCUT2D eigenvalue weighted by Crippen LogP contribution is -1.94. The SMILES string of the molecule is CC(=NO)c1cn(C)c(-c2ccccc2)n1. The summed E-state index contributed by atoms with van der Waals surface area (Å²) in [5, 5.41) is 11.8. The van der Waals surface area contributed by atoms with Crippen LogP contribution in [0, 0.1) is 0 Å². The minimum atomic E-state index is 0.512. The summed E-state index contributed by atoms with van der Waals surface area (Å²) in [6.45, 7) is 1.72. The van der Waals surface area contributed by atoms with Gasteiger partial charge in [0.05, 0.1) is 0 Å². The first kappa shape index (κ1) is 10.4. The van der Waals surface area contributed by atoms with E-state index in [0.717, 1.165) is 11.4 Å². The molecule has 1 heterocycles. The van der Waals surface area contributed by atoms with E-state index >= 15 is 0 Å². The molecule has 1 N–H and O–H groups in total. The maximum Gasteiger partial charge on any atom is 0.140 e. The van der Waals surface area contributed by atoms with Gasteiger partial charge in [-0.05, 0) is 6.92 Å². The molecule has 0 aliphatic heterocycles. The van der Waals surface area contributed by atoms with Crippen molar-refractivity contribution in [2.75, 3.05) is 0 Å². The van der Waals surface area contributed by atoms with Gasteiger partial charge in [-0.1, -0.05) is 35.5 Å². The molecule has 4 heteroatoms. The van der Waals surface area contributed by atoms with Crippen molar-refractivity contribution in [3.05, 3.63) is 42.2 Å². The first-order valence-electron chi connectivity index (χ1n) is 5.00. The summed E-state index contributed by atoms with van der Waals surface area (Å²) in [6, 6.07) is 9.90. The maximum absolute atomic E-state index is 8.70. The smallest absolute Gasteiger partial charge is 0.140 e. The number of hydrogen-bond acceptors (Lipinski definition) is 3. The van der Waals surface area contributed by atoms with Gasteiger partial charge in [-0.25, -0.2) is 4.98 Å². The van der Waals surface area contributed by atoms with E-state index in [2.05, 4.69) is 10.1 Å². The van der Waals surface area contributed by atoms with Gasteiger partial charge in [-0.2, -0.15) is 0 Å². The van der Waals surface area contributed by atoms with Crippen molar-refractivity contribution in [3.63, 3.8) is 0 Å². The molecule has 0 radical (unpaired) electrons. The van der Waals surface area contributed by atoms with Crippen LogP contribution in [0.25, 0.3) is 11.4 Å². The van der Waals surface area contributed by atoms with Crippen molar-refractivity contribution >= 4 is 5.71 Å². The van der Waals surface area contributed by atoms with Crippen LogP contribution in [0.2, 0.25) is 0 Å². The molecule has 0 unspecified atom stereocenters. The van der Waals surface area contributed by atoms with E-state index < -0.39 is 0 Å². The largest absolute Gasteiger partial charge is 0.411 e. The molecule has 2 aromatic rings. The quantitative estimate of drug-likeness (QED) is 0.474. The zero-order chi connectivity index (χ0) is 11.5. The van der Waals surface area contributed by atoms with Crippen molar-refractivity contribution in [3.8, 4) is 11.4 Å². The zero-order valence-corrected chi connectivity index (χ0v) is 9.25. The molecule has 0 amide bonds. The van der Waals surface area contributed by atoms with Gasteiger partial charge >= 0.3 is 0 Å². The second kappa shape index (κ2) is 4.18. The normalized spacial score (nSPS) is 11.8. The number of aryl methyl sites for hydroxylation is 1. The van der Waals surface area contributed by atoms with Crippen LogP contribution < -0.4 is 0 Å². The third-order valence-corrected chi connectivity index (χ3v) is 2.43. The van der Waals surface area contributed by atoms with Gasteiger partial charge in [0.2, 0.25) is 0 Å². The molecule has 0 fully saturated rings. The van der Waals surface area contributed by atoms with Crippen LogP contribution in [0.4, 0.5) is 0 Å². The second-order valence-corrected chi connectivity index (χ2v) is 3.61. The summed E-state index contributed by atoms with van der Waals surface area (Å²) >= 11 is 0. The lowest BCUT2D eigenvalue weighted by Gasteiger charge is -1.99. The van der Waals surface area contributed by atoms with Crippen LogP contribution in [0.3, 0.4) is 0 Å². The van der Waals surface area contributed by atoms with Crippen molar-refractivity contribution in [2.45, 2.75) is 6.92 Å². The van der Waals surface area contributed by atoms with Crippen molar-refractivity contribution in [2.24, 2.45) is 12.2 Å². The molecule has 0 aliphatic rings. The summed E-state index contributed by atoms with van der Waals surface area (Å²) in [6.07, 6.45) is 1.84. The Balaban J connectivity index is 2.48. The van der Waals surface area contributed by atoms with Gasteiger partial charge in [-0.15, -0.1) is 0 Å². The molecular weight excluding hydrogens is 202 g/mol. The highest BCUT2D eigenvalue weighted by Crippen LogP contribution is 2.17. The Morgan fingerprint density at radius 1 is 1.31 bits per heavy atom. The first-order valence-corrected chi connectivity index (χ1v) is 5.00. The molecule has 0 bridgehead atoms. The fourth-order valence-electron chi connectivity index (χ4n) is 1.55. The highest BCUT2D eigenvalue weighted by atomic mass is 16.4. The summed E-state index contributed by atoms with van der Waals surface area (Å²) in [5.41, 5.74) is 2.24. The minimum absolute atomic E-state index is 0.512. The van der Waals surface area contributed by atoms with E-state index in [1.807, 2.05) is 48.1 Å². The lowest BCUT2D eigenvalue weighted by atomic mass is 10.2. The molecule has 1 aromatic heterocycles. The molecule has 0 spiro atoms. The highest BCUT2D eigenvalue weighted by Gasteiger charge is 2.09. The Hall–Kier alpha value is -2.10. The molecule has 82 valence electrons. The van der Waals surface area contributed by atoms with E-state index in [0.29, 0.717) is 11.4 Å². The molecule has 0 atom stereocenters. The fourth-order valence-corrected chi connectivity index (χ4v) is 1.55. The van der Waals surface area contributed by atoms with Gasteiger partial charge in [-0.3, -0.25) is 0 Å². The number of rotatable bonds is 2. The average molecular weight is 215 g/mol. The van der Waals surface area contributed by atoms with Crippen molar-refractivity contribution in [1.29, 1.82) is 0 Å². The predicted octanol–water partition coefficient (Wildman–Crippen LogP) is 2.29. The Morgan fingerprint density at radius 2 is 2.00 bits per heavy atom. The van der Waals surface area contributed by atoms with Gasteiger partial charge in [0.1, 0.15) is 17.2 Å². The Labute approximate surface area is 93.9 Å². The van der Waals surface area contributed by atoms with E-state index in [9.17, 15) is 0 Å². The second-order valence-electron chi connectivity index (χ2n) is 3.61. The third-order valence-electron chi connectivity index (χ3n) is 2.43. The third kappa shape index (κ3) is 1.82. The zero-order valence-electron chi connectivity index (χ0n) is 9.25. The fraction of sp³-hybridized carbons (Fsp3) is 0.167. The van der Waals surface area contributed by atoms with Gasteiger partial charge in [0.15, 0.2) is 0 Å². The first-order chi connectivity index (χ1) is 7.72. The van der Waals surface area contributed by atoms with Crippen LogP contribution in [-0.2, 0) is 7.05 Å². The number of hydrogen-bond donors (Lipinski definition) is 1. The van der Waals surface area contributed by atoms with E-state index in [1.165, 1.54) is 0 Å². The minimum Gasteiger partial charge on any atom is -0.411 e. The maximum atomic E-state index is 8.70. The average Bonchev–Trinajstić information content (AvgIpc) is 2.71. The number of imidazole rings is 1. The standard InChI is InChI=1S/C12H13N3O/c1-9(14-16)11-8-15(2)12(13-11)10-6-4-3-5-7-10/h3-8,16H,1-2H3. The Bertz CT molecular complexity index is 514. The van der Waals surface area contributed by atoms with Crippen LogP contribution in [0.1, 0.15) is 12.6 Å². The van der Waals surface area contributed by atoms with E-state index in [1.54, 1.807) is 6.92 Å². The number of oxime groups is 1. The number of benzene rings is 1. The molecule has 0 saturated carbocycles. The summed E-state index contributed by atoms with van der Waals surface area (Å²) in [5.74, 6) is 0.860. The molecule has 1 aromatic carbocycles. The molecule has 16 heavy (non-hydrogen) atoms. The molecular formula is C12H13N3O. The van der Waals surface area contributed by atoms with Crippen LogP contribution in [-0.4, -0.2) is 20.5 Å². The van der Waals surface area contributed by atoms with Gasteiger partial charge in [0, 0.05) is 18.8 Å². The van der Waals surface area contributed by atoms with Crippen molar-refractivity contribution in [1.82, 2.24) is 9.55 Å². The number of nitrogens with zero attached hydrogens (tertiary/aromatic N) is 3. The van der Waals surface area contributed by atoms with E-state index in [-0.39, 0.29) is 0 Å². The summed E-state index contributed by atoms with van der Waals surface area (Å²) < 4.78 is 1.92. The van der Waals surface area contributed by atoms with Gasteiger partial charge < -0.3 is 9.77 Å². The monoisotopic (exact) mass is 215 g/mol. The van der Waals surface area contributed by atoms with Crippen molar-refractivity contribution < 1.29 is 5.21 Å². The van der Waals surface area contributed by atoms with Crippen LogP contribution in [0.5, 0.6) is 0 Å². The van der Waals surface area contributed by atoms with E-state index in [4.69, 9.17) is 5.21 Å². The molecule has 0 aliphatic carbocycles. The molecule has 0 saturated heterocycles. The van der Waals surface area contributed by atoms with Crippen LogP contribution in [0.15, 0.2) is 41.7 Å². The molecule has 2 rings (SSSR count). The van der Waals surface area contributed by atoms with Crippen LogP contribution >= 0.6 is 0 Å². The number of aromatic nitrogens is 2. The predicted molar refractivity (Wildman–Crippen MR) is 62.6 cm³/mol. The Kier molecular flexibility index (Phi) is 2.72. The summed E-state index contributed by atoms with van der Waals surface area (Å²) in [4.78, 5) is 4.42. The lowest BCUT2D eigenvalue weighted by molar-refractivity contribution is 0.319. The highest BCUT2D eigenvalue weighted by molar-refractivity contribution is 5.96. The topological polar surface area (TPSA) is 50.4 Å². The Morgan fingerprint density at radius 3 is 2.62 bits per heavy atom.